The summed E-state index contributed by atoms with van der Waals surface area (Å²) in [6.07, 6.45) is 7.97. The van der Waals surface area contributed by atoms with Crippen LogP contribution in [0.1, 0.15) is 50.5 Å². The molecule has 2 atom stereocenters. The third-order valence-corrected chi connectivity index (χ3v) is 9.32. The Bertz CT molecular complexity index is 1580. The molecule has 1 saturated carbocycles. The zero-order valence-corrected chi connectivity index (χ0v) is 21.1. The van der Waals surface area contributed by atoms with Crippen LogP contribution in [0.15, 0.2) is 39.9 Å². The van der Waals surface area contributed by atoms with E-state index in [0.717, 1.165) is 61.3 Å². The first-order valence-electron chi connectivity index (χ1n) is 13.2. The molecule has 1 N–H and O–H groups in total. The number of aromatic amines is 1. The first-order chi connectivity index (χ1) is 17.6. The standard InChI is InChI=1S/C28H30N4O3S/c33-27-24-20-5-4-6-21-26(20)36-32(28(21)34)12-9-17-7-8-19(13-17)35-23-15-18(14-22(29-27)25(23)30-24)16-31-10-2-1-3-11-31/h4-6,14-15,17,19H,1-3,7-13,16H2,(H,29,33)/t17-,19+/m1/s1. The van der Waals surface area contributed by atoms with Crippen LogP contribution in [0.3, 0.4) is 0 Å². The summed E-state index contributed by atoms with van der Waals surface area (Å²) in [4.78, 5) is 37.0. The van der Waals surface area contributed by atoms with Crippen LogP contribution in [-0.2, 0) is 13.1 Å². The van der Waals surface area contributed by atoms with Gasteiger partial charge in [0.2, 0.25) is 0 Å². The van der Waals surface area contributed by atoms with Gasteiger partial charge in [-0.25, -0.2) is 4.98 Å². The number of rotatable bonds is 2. The molecule has 2 aromatic carbocycles. The summed E-state index contributed by atoms with van der Waals surface area (Å²) < 4.78 is 9.32. The molecular formula is C28H30N4O3S. The van der Waals surface area contributed by atoms with E-state index in [2.05, 4.69) is 22.0 Å². The molecule has 1 aliphatic carbocycles. The SMILES string of the molecule is O=c1[nH]c2cc(CN3CCCCC3)cc3c2nc1-c1cccc2c(=O)n(sc12)CC[C@H]1CC[C@@H](C1)O3. The fourth-order valence-corrected chi connectivity index (χ4v) is 7.38. The van der Waals surface area contributed by atoms with Gasteiger partial charge in [0, 0.05) is 18.7 Å². The molecule has 7 nitrogen and oxygen atoms in total. The van der Waals surface area contributed by atoms with Gasteiger partial charge in [0.25, 0.3) is 11.1 Å². The molecule has 0 spiro atoms. The average molecular weight is 503 g/mol. The Morgan fingerprint density at radius 3 is 2.83 bits per heavy atom. The van der Waals surface area contributed by atoms with Crippen LogP contribution < -0.4 is 15.9 Å². The van der Waals surface area contributed by atoms with Crippen LogP contribution in [0.4, 0.5) is 0 Å². The molecule has 0 radical (unpaired) electrons. The number of aromatic nitrogens is 3. The third-order valence-electron chi connectivity index (χ3n) is 8.13. The van der Waals surface area contributed by atoms with E-state index in [1.54, 1.807) is 0 Å². The quantitative estimate of drug-likeness (QED) is 0.422. The van der Waals surface area contributed by atoms with Crippen LogP contribution in [0.2, 0.25) is 0 Å². The largest absolute Gasteiger partial charge is 0.488 e. The van der Waals surface area contributed by atoms with Gasteiger partial charge in [-0.2, -0.15) is 0 Å². The van der Waals surface area contributed by atoms with E-state index in [4.69, 9.17) is 9.72 Å². The minimum absolute atomic E-state index is 0.0257. The molecule has 186 valence electrons. The van der Waals surface area contributed by atoms with Crippen molar-refractivity contribution in [2.45, 2.75) is 64.1 Å². The molecular weight excluding hydrogens is 472 g/mol. The highest BCUT2D eigenvalue weighted by molar-refractivity contribution is 7.14. The fraction of sp³-hybridized carbons (Fsp3) is 0.464. The number of hydrogen-bond acceptors (Lipinski definition) is 6. The number of benzene rings is 2. The van der Waals surface area contributed by atoms with E-state index in [9.17, 15) is 9.59 Å². The van der Waals surface area contributed by atoms with Crippen LogP contribution >= 0.6 is 11.5 Å². The van der Waals surface area contributed by atoms with Crippen molar-refractivity contribution in [1.82, 2.24) is 18.8 Å². The molecule has 2 aliphatic heterocycles. The number of nitrogens with zero attached hydrogens (tertiary/aromatic N) is 3. The van der Waals surface area contributed by atoms with Gasteiger partial charge < -0.3 is 9.72 Å². The summed E-state index contributed by atoms with van der Waals surface area (Å²) in [5.41, 5.74) is 3.40. The zero-order valence-electron chi connectivity index (χ0n) is 20.3. The summed E-state index contributed by atoms with van der Waals surface area (Å²) in [7, 11) is 0. The highest BCUT2D eigenvalue weighted by Crippen LogP contribution is 2.36. The monoisotopic (exact) mass is 502 g/mol. The topological polar surface area (TPSA) is 80.2 Å². The molecule has 6 bridgehead atoms. The molecule has 7 rings (SSSR count). The normalized spacial score (nSPS) is 22.3. The lowest BCUT2D eigenvalue weighted by molar-refractivity contribution is 0.203. The Hall–Kier alpha value is -2.97. The molecule has 0 amide bonds. The number of aryl methyl sites for hydroxylation is 1. The Morgan fingerprint density at radius 2 is 1.94 bits per heavy atom. The minimum atomic E-state index is -0.239. The number of likely N-dealkylation sites (tertiary alicyclic amines) is 1. The highest BCUT2D eigenvalue weighted by atomic mass is 32.1. The molecule has 0 unspecified atom stereocenters. The Labute approximate surface area is 212 Å². The first kappa shape index (κ1) is 22.2. The predicted octanol–water partition coefficient (Wildman–Crippen LogP) is 4.90. The Balaban J connectivity index is 1.42. The summed E-state index contributed by atoms with van der Waals surface area (Å²) in [6, 6.07) is 9.80. The van der Waals surface area contributed by atoms with E-state index in [1.165, 1.54) is 30.8 Å². The van der Waals surface area contributed by atoms with Crippen molar-refractivity contribution >= 4 is 32.7 Å². The van der Waals surface area contributed by atoms with Crippen LogP contribution in [0.25, 0.3) is 32.4 Å². The van der Waals surface area contributed by atoms with Gasteiger partial charge in [0.15, 0.2) is 0 Å². The number of ether oxygens (including phenoxy) is 1. The second-order valence-corrected chi connectivity index (χ2v) is 11.7. The van der Waals surface area contributed by atoms with E-state index in [1.807, 2.05) is 22.2 Å². The smallest absolute Gasteiger partial charge is 0.275 e. The maximum absolute atomic E-state index is 13.4. The van der Waals surface area contributed by atoms with Gasteiger partial charge in [-0.3, -0.25) is 18.4 Å². The zero-order chi connectivity index (χ0) is 24.2. The fourth-order valence-electron chi connectivity index (χ4n) is 6.26. The van der Waals surface area contributed by atoms with Gasteiger partial charge in [-0.05, 0) is 81.3 Å². The van der Waals surface area contributed by atoms with E-state index in [0.29, 0.717) is 40.1 Å². The van der Waals surface area contributed by atoms with Crippen molar-refractivity contribution in [3.63, 3.8) is 0 Å². The molecule has 4 heterocycles. The average Bonchev–Trinajstić information content (AvgIpc) is 3.46. The summed E-state index contributed by atoms with van der Waals surface area (Å²) in [6.45, 7) is 3.77. The van der Waals surface area contributed by atoms with Crippen molar-refractivity contribution in [3.8, 4) is 17.0 Å². The second kappa shape index (κ2) is 8.85. The Morgan fingerprint density at radius 1 is 1.06 bits per heavy atom. The van der Waals surface area contributed by atoms with E-state index >= 15 is 0 Å². The van der Waals surface area contributed by atoms with Gasteiger partial charge in [-0.1, -0.05) is 30.1 Å². The lowest BCUT2D eigenvalue weighted by atomic mass is 10.0. The van der Waals surface area contributed by atoms with Crippen molar-refractivity contribution in [3.05, 3.63) is 56.6 Å². The molecule has 8 heteroatoms. The third kappa shape index (κ3) is 3.87. The van der Waals surface area contributed by atoms with Crippen molar-refractivity contribution < 1.29 is 4.74 Å². The maximum Gasteiger partial charge on any atom is 0.275 e. The molecule has 1 saturated heterocycles. The summed E-state index contributed by atoms with van der Waals surface area (Å²) in [5, 5.41) is 0.659. The van der Waals surface area contributed by atoms with Gasteiger partial charge >= 0.3 is 0 Å². The number of H-pyrrole nitrogens is 1. The van der Waals surface area contributed by atoms with Crippen LogP contribution in [0.5, 0.6) is 5.75 Å². The van der Waals surface area contributed by atoms with E-state index in [-0.39, 0.29) is 17.2 Å². The van der Waals surface area contributed by atoms with Crippen LogP contribution in [-0.4, -0.2) is 38.0 Å². The van der Waals surface area contributed by atoms with Crippen molar-refractivity contribution in [1.29, 1.82) is 0 Å². The molecule has 2 fully saturated rings. The highest BCUT2D eigenvalue weighted by Gasteiger charge is 2.28. The molecule has 4 aromatic rings. The van der Waals surface area contributed by atoms with Crippen LogP contribution in [0, 0.1) is 5.92 Å². The van der Waals surface area contributed by atoms with Crippen molar-refractivity contribution in [2.75, 3.05) is 13.1 Å². The molecule has 3 aliphatic rings. The molecule has 2 aromatic heterocycles. The van der Waals surface area contributed by atoms with Gasteiger partial charge in [-0.15, -0.1) is 0 Å². The van der Waals surface area contributed by atoms with Gasteiger partial charge in [0.1, 0.15) is 17.0 Å². The summed E-state index contributed by atoms with van der Waals surface area (Å²) in [5.74, 6) is 1.30. The summed E-state index contributed by atoms with van der Waals surface area (Å²) >= 11 is 1.45. The number of fused-ring (bicyclic) bond motifs is 5. The number of nitrogens with one attached hydrogen (secondary N) is 1. The lowest BCUT2D eigenvalue weighted by Crippen LogP contribution is -2.29. The lowest BCUT2D eigenvalue weighted by Gasteiger charge is -2.27. The van der Waals surface area contributed by atoms with Crippen molar-refractivity contribution in [2.24, 2.45) is 5.92 Å². The second-order valence-electron chi connectivity index (χ2n) is 10.6. The predicted molar refractivity (Wildman–Crippen MR) is 143 cm³/mol. The van der Waals surface area contributed by atoms with Gasteiger partial charge in [0.05, 0.1) is 21.7 Å². The first-order valence-corrected chi connectivity index (χ1v) is 14.0. The minimum Gasteiger partial charge on any atom is -0.488 e. The number of piperidine rings is 1. The van der Waals surface area contributed by atoms with E-state index < -0.39 is 0 Å². The Kier molecular flexibility index (Phi) is 5.47. The number of hydrogen-bond donors (Lipinski definition) is 1. The maximum atomic E-state index is 13.4. The molecule has 36 heavy (non-hydrogen) atoms.